The molecule has 0 N–H and O–H groups in total. The van der Waals surface area contributed by atoms with Gasteiger partial charge in [0.15, 0.2) is 5.82 Å². The van der Waals surface area contributed by atoms with Gasteiger partial charge < -0.3 is 13.7 Å². The minimum atomic E-state index is 0.714. The number of hydrogen-bond donors (Lipinski definition) is 0. The van der Waals surface area contributed by atoms with E-state index in [4.69, 9.17) is 9.97 Å². The van der Waals surface area contributed by atoms with Gasteiger partial charge in [0.2, 0.25) is 0 Å². The maximum Gasteiger partial charge on any atom is 0.160 e. The quantitative estimate of drug-likeness (QED) is 0.152. The molecule has 0 radical (unpaired) electrons. The van der Waals surface area contributed by atoms with Crippen molar-refractivity contribution in [2.45, 2.75) is 6.92 Å². The molecule has 0 saturated carbocycles. The van der Waals surface area contributed by atoms with E-state index in [0.29, 0.717) is 5.82 Å². The van der Waals surface area contributed by atoms with Crippen LogP contribution in [0.15, 0.2) is 267 Å². The van der Waals surface area contributed by atoms with Crippen LogP contribution in [0.2, 0.25) is 0 Å². The van der Waals surface area contributed by atoms with Crippen molar-refractivity contribution in [3.8, 4) is 73.2 Å². The molecule has 0 aliphatic rings. The summed E-state index contributed by atoms with van der Waals surface area (Å²) in [6.45, 7) is 2.21. The molecular weight excluding hydrogens is 923 g/mol. The van der Waals surface area contributed by atoms with Crippen LogP contribution in [0.1, 0.15) is 5.56 Å². The summed E-state index contributed by atoms with van der Waals surface area (Å²) in [6.07, 6.45) is 0. The Morgan fingerprint density at radius 1 is 0.250 bits per heavy atom. The SMILES string of the molecule is Cc1cc(-c2ccc(-n3c4ccc(-n5c6ccccc6c6ccccc65)cc4c4cc(-n5c6ccccc6c6ccccc65)ccc43)cc2)ccc1-c1ccc(-c2cc(-c3ccccc3)nc(-c3ccccc3)n2)cc1. The molecule has 15 aromatic rings. The van der Waals surface area contributed by atoms with Gasteiger partial charge in [0, 0.05) is 66.1 Å². The predicted octanol–water partition coefficient (Wildman–Crippen LogP) is 18.4. The Balaban J connectivity index is 0.800. The monoisotopic (exact) mass is 969 g/mol. The number of aryl methyl sites for hydroxylation is 1. The molecule has 0 saturated heterocycles. The highest BCUT2D eigenvalue weighted by Gasteiger charge is 2.20. The van der Waals surface area contributed by atoms with E-state index in [0.717, 1.165) is 61.7 Å². The van der Waals surface area contributed by atoms with Gasteiger partial charge in [-0.25, -0.2) is 9.97 Å². The third-order valence-electron chi connectivity index (χ3n) is 15.4. The lowest BCUT2D eigenvalue weighted by molar-refractivity contribution is 1.16. The van der Waals surface area contributed by atoms with Crippen LogP contribution in [0.4, 0.5) is 0 Å². The second kappa shape index (κ2) is 17.5. The molecule has 5 nitrogen and oxygen atoms in total. The normalized spacial score (nSPS) is 11.8. The zero-order valence-electron chi connectivity index (χ0n) is 41.6. The molecule has 0 aliphatic heterocycles. The fraction of sp³-hybridized carbons (Fsp3) is 0.0141. The second-order valence-electron chi connectivity index (χ2n) is 19.8. The van der Waals surface area contributed by atoms with Gasteiger partial charge in [-0.05, 0) is 114 Å². The molecule has 5 heteroatoms. The van der Waals surface area contributed by atoms with Gasteiger partial charge >= 0.3 is 0 Å². The zero-order valence-corrected chi connectivity index (χ0v) is 41.6. The summed E-state index contributed by atoms with van der Waals surface area (Å²) in [7, 11) is 0. The van der Waals surface area contributed by atoms with Crippen LogP contribution in [0.3, 0.4) is 0 Å². The van der Waals surface area contributed by atoms with Crippen LogP contribution in [0.25, 0.3) is 139 Å². The van der Waals surface area contributed by atoms with Gasteiger partial charge in [-0.1, -0.05) is 188 Å². The number of nitrogens with zero attached hydrogens (tertiary/aromatic N) is 5. The van der Waals surface area contributed by atoms with Gasteiger partial charge in [-0.2, -0.15) is 0 Å². The highest BCUT2D eigenvalue weighted by Crippen LogP contribution is 2.40. The Morgan fingerprint density at radius 2 is 0.618 bits per heavy atom. The zero-order chi connectivity index (χ0) is 50.3. The summed E-state index contributed by atoms with van der Waals surface area (Å²) in [5.74, 6) is 0.714. The van der Waals surface area contributed by atoms with Crippen molar-refractivity contribution in [3.63, 3.8) is 0 Å². The lowest BCUT2D eigenvalue weighted by Crippen LogP contribution is -1.96. The molecule has 0 amide bonds. The number of para-hydroxylation sites is 4. The minimum Gasteiger partial charge on any atom is -0.309 e. The molecule has 4 aromatic heterocycles. The van der Waals surface area contributed by atoms with E-state index in [9.17, 15) is 0 Å². The van der Waals surface area contributed by atoms with Crippen LogP contribution < -0.4 is 0 Å². The van der Waals surface area contributed by atoms with Crippen molar-refractivity contribution in [1.82, 2.24) is 23.7 Å². The van der Waals surface area contributed by atoms with Crippen molar-refractivity contribution in [3.05, 3.63) is 272 Å². The molecule has 0 bridgehead atoms. The first-order chi connectivity index (χ1) is 37.6. The van der Waals surface area contributed by atoms with Crippen LogP contribution in [0.5, 0.6) is 0 Å². The first-order valence-corrected chi connectivity index (χ1v) is 26.0. The summed E-state index contributed by atoms with van der Waals surface area (Å²) >= 11 is 0. The molecular formula is C71H47N5. The van der Waals surface area contributed by atoms with E-state index in [1.54, 1.807) is 0 Å². The summed E-state index contributed by atoms with van der Waals surface area (Å²) in [5, 5.41) is 7.41. The highest BCUT2D eigenvalue weighted by molar-refractivity contribution is 6.14. The van der Waals surface area contributed by atoms with Crippen molar-refractivity contribution >= 4 is 65.4 Å². The number of rotatable bonds is 8. The summed E-state index contributed by atoms with van der Waals surface area (Å²) in [4.78, 5) is 10.1. The van der Waals surface area contributed by atoms with Crippen LogP contribution in [-0.2, 0) is 0 Å². The van der Waals surface area contributed by atoms with Crippen LogP contribution in [0, 0.1) is 6.92 Å². The first-order valence-electron chi connectivity index (χ1n) is 26.0. The molecule has 0 spiro atoms. The Labute approximate surface area is 439 Å². The van der Waals surface area contributed by atoms with E-state index in [1.165, 1.54) is 76.6 Å². The number of aromatic nitrogens is 5. The first kappa shape index (κ1) is 43.5. The number of hydrogen-bond acceptors (Lipinski definition) is 2. The third kappa shape index (κ3) is 7.08. The predicted molar refractivity (Wildman–Crippen MR) is 317 cm³/mol. The molecule has 0 aliphatic carbocycles. The van der Waals surface area contributed by atoms with Crippen molar-refractivity contribution in [1.29, 1.82) is 0 Å². The Hall–Kier alpha value is -10.1. The Bertz CT molecular complexity index is 4400. The topological polar surface area (TPSA) is 40.6 Å². The van der Waals surface area contributed by atoms with E-state index in [1.807, 2.05) is 24.3 Å². The second-order valence-corrected chi connectivity index (χ2v) is 19.8. The van der Waals surface area contributed by atoms with E-state index in [-0.39, 0.29) is 0 Å². The fourth-order valence-electron chi connectivity index (χ4n) is 11.8. The molecule has 4 heterocycles. The van der Waals surface area contributed by atoms with Crippen LogP contribution >= 0.6 is 0 Å². The molecule has 15 rings (SSSR count). The van der Waals surface area contributed by atoms with Gasteiger partial charge in [-0.15, -0.1) is 0 Å². The van der Waals surface area contributed by atoms with Crippen molar-refractivity contribution < 1.29 is 0 Å². The molecule has 0 unspecified atom stereocenters. The molecule has 11 aromatic carbocycles. The van der Waals surface area contributed by atoms with E-state index < -0.39 is 0 Å². The smallest absolute Gasteiger partial charge is 0.160 e. The van der Waals surface area contributed by atoms with Crippen molar-refractivity contribution in [2.24, 2.45) is 0 Å². The third-order valence-corrected chi connectivity index (χ3v) is 15.4. The molecule has 76 heavy (non-hydrogen) atoms. The average molecular weight is 970 g/mol. The Morgan fingerprint density at radius 3 is 1.11 bits per heavy atom. The van der Waals surface area contributed by atoms with E-state index in [2.05, 4.69) is 263 Å². The fourth-order valence-corrected chi connectivity index (χ4v) is 11.8. The largest absolute Gasteiger partial charge is 0.309 e. The minimum absolute atomic E-state index is 0.714. The standard InChI is InChI=1S/C71H47N5/c1-46-42-52(34-39-56(46)48-28-30-50(31-29-48)64-45-63(49-16-4-2-5-17-49)72-71(73-64)51-18-6-3-7-19-51)47-32-35-53(36-33-47)74-69-40-37-54(75-65-24-12-8-20-57(65)58-21-9-13-25-66(58)75)43-61(69)62-44-55(38-41-70(62)74)76-67-26-14-10-22-59(67)60-23-11-15-27-68(60)76/h2-45H,1H3. The highest BCUT2D eigenvalue weighted by atomic mass is 15.0. The number of benzene rings is 11. The van der Waals surface area contributed by atoms with Crippen molar-refractivity contribution in [2.75, 3.05) is 0 Å². The maximum atomic E-state index is 5.06. The average Bonchev–Trinajstić information content (AvgIpc) is 4.19. The number of fused-ring (bicyclic) bond motifs is 9. The van der Waals surface area contributed by atoms with Gasteiger partial charge in [0.25, 0.3) is 0 Å². The van der Waals surface area contributed by atoms with E-state index >= 15 is 0 Å². The lowest BCUT2D eigenvalue weighted by Gasteiger charge is -2.13. The summed E-state index contributed by atoms with van der Waals surface area (Å²) in [6, 6.07) is 96.3. The van der Waals surface area contributed by atoms with Crippen LogP contribution in [-0.4, -0.2) is 23.7 Å². The summed E-state index contributed by atoms with van der Waals surface area (Å²) < 4.78 is 7.28. The Kier molecular flexibility index (Phi) is 10.0. The molecule has 0 fully saturated rings. The molecule has 356 valence electrons. The van der Waals surface area contributed by atoms with Gasteiger partial charge in [0.05, 0.1) is 44.5 Å². The summed E-state index contributed by atoms with van der Waals surface area (Å²) in [5.41, 5.74) is 21.3. The lowest BCUT2D eigenvalue weighted by atomic mass is 9.94. The molecule has 0 atom stereocenters. The van der Waals surface area contributed by atoms with Gasteiger partial charge in [-0.3, -0.25) is 0 Å². The van der Waals surface area contributed by atoms with Gasteiger partial charge in [0.1, 0.15) is 0 Å². The maximum absolute atomic E-state index is 5.06.